The summed E-state index contributed by atoms with van der Waals surface area (Å²) in [5.41, 5.74) is 1.84. The summed E-state index contributed by atoms with van der Waals surface area (Å²) in [6.07, 6.45) is 0. The Morgan fingerprint density at radius 2 is 1.81 bits per heavy atom. The van der Waals surface area contributed by atoms with Crippen LogP contribution < -0.4 is 19.2 Å². The molecular weight excluding hydrogens is 572 g/mol. The van der Waals surface area contributed by atoms with Gasteiger partial charge < -0.3 is 18.8 Å². The van der Waals surface area contributed by atoms with Gasteiger partial charge in [-0.25, -0.2) is 4.68 Å². The monoisotopic (exact) mass is 604 g/mol. The SMILES string of the molecule is COCCOc1ccc(N=Nc2c(C#N)[nH]n(-c3ccccc3)c2=O)cc1OS(=O)Nc1cc(C(C)(C)C)c(C)cc1O. The molecule has 13 heteroatoms. The maximum absolute atomic E-state index is 13.1. The zero-order valence-electron chi connectivity index (χ0n) is 24.4. The first kappa shape index (κ1) is 31.0. The molecule has 1 atom stereocenters. The number of hydrogen-bond donors (Lipinski definition) is 3. The summed E-state index contributed by atoms with van der Waals surface area (Å²) in [5.74, 6) is 0.222. The van der Waals surface area contributed by atoms with E-state index in [2.05, 4.69) is 20.0 Å². The van der Waals surface area contributed by atoms with Crippen molar-refractivity contribution in [2.45, 2.75) is 33.1 Å². The minimum absolute atomic E-state index is 0.0531. The van der Waals surface area contributed by atoms with Gasteiger partial charge in [0, 0.05) is 13.2 Å². The smallest absolute Gasteiger partial charge is 0.316 e. The van der Waals surface area contributed by atoms with Crippen LogP contribution in [-0.2, 0) is 21.4 Å². The van der Waals surface area contributed by atoms with Gasteiger partial charge in [0.05, 0.1) is 23.7 Å². The van der Waals surface area contributed by atoms with Crippen molar-refractivity contribution >= 4 is 28.3 Å². The Hall–Kier alpha value is -4.93. The van der Waals surface area contributed by atoms with Crippen molar-refractivity contribution in [1.29, 1.82) is 5.26 Å². The molecule has 43 heavy (non-hydrogen) atoms. The number of ether oxygens (including phenoxy) is 2. The molecule has 0 aliphatic carbocycles. The molecule has 1 aromatic heterocycles. The van der Waals surface area contributed by atoms with E-state index in [1.54, 1.807) is 54.6 Å². The van der Waals surface area contributed by atoms with E-state index in [0.717, 1.165) is 11.1 Å². The molecule has 0 saturated heterocycles. The Balaban J connectivity index is 1.62. The van der Waals surface area contributed by atoms with Gasteiger partial charge in [0.2, 0.25) is 0 Å². The van der Waals surface area contributed by atoms with Gasteiger partial charge in [0.15, 0.2) is 22.9 Å². The molecule has 3 aromatic carbocycles. The van der Waals surface area contributed by atoms with Crippen LogP contribution >= 0.6 is 0 Å². The molecule has 4 aromatic rings. The molecule has 1 heterocycles. The molecule has 0 aliphatic rings. The maximum atomic E-state index is 13.1. The molecule has 0 spiro atoms. The Bertz CT molecular complexity index is 1750. The third-order valence-corrected chi connectivity index (χ3v) is 6.96. The van der Waals surface area contributed by atoms with Crippen LogP contribution in [-0.4, -0.2) is 39.4 Å². The van der Waals surface area contributed by atoms with Crippen molar-refractivity contribution in [1.82, 2.24) is 9.78 Å². The third-order valence-electron chi connectivity index (χ3n) is 6.24. The number of phenolic OH excluding ortho intramolecular Hbond substituents is 1. The number of azo groups is 1. The van der Waals surface area contributed by atoms with E-state index in [4.69, 9.17) is 13.7 Å². The number of hydrogen-bond acceptors (Lipinski definition) is 9. The fourth-order valence-corrected chi connectivity index (χ4v) is 4.90. The Kier molecular flexibility index (Phi) is 9.64. The van der Waals surface area contributed by atoms with Crippen molar-refractivity contribution in [3.05, 3.63) is 87.8 Å². The molecule has 3 N–H and O–H groups in total. The minimum Gasteiger partial charge on any atom is -0.506 e. The lowest BCUT2D eigenvalue weighted by molar-refractivity contribution is 0.145. The molecular formula is C30H32N6O6S. The number of nitriles is 1. The highest BCUT2D eigenvalue weighted by molar-refractivity contribution is 7.82. The molecule has 0 fully saturated rings. The number of anilines is 1. The number of rotatable bonds is 11. The van der Waals surface area contributed by atoms with E-state index in [9.17, 15) is 19.4 Å². The van der Waals surface area contributed by atoms with Crippen LogP contribution in [0.5, 0.6) is 17.2 Å². The number of methoxy groups -OCH3 is 1. The molecule has 0 aliphatic heterocycles. The van der Waals surface area contributed by atoms with Gasteiger partial charge in [-0.2, -0.15) is 14.6 Å². The van der Waals surface area contributed by atoms with Crippen LogP contribution in [0.4, 0.5) is 17.1 Å². The first-order valence-corrected chi connectivity index (χ1v) is 14.3. The highest BCUT2D eigenvalue weighted by Gasteiger charge is 2.20. The summed E-state index contributed by atoms with van der Waals surface area (Å²) in [7, 11) is 1.53. The summed E-state index contributed by atoms with van der Waals surface area (Å²) in [6, 6.07) is 18.5. The molecule has 0 radical (unpaired) electrons. The minimum atomic E-state index is -2.16. The highest BCUT2D eigenvalue weighted by Crippen LogP contribution is 2.36. The second kappa shape index (κ2) is 13.4. The van der Waals surface area contributed by atoms with Gasteiger partial charge in [-0.3, -0.25) is 14.6 Å². The number of aryl methyl sites for hydroxylation is 1. The van der Waals surface area contributed by atoms with E-state index in [1.807, 2.05) is 33.8 Å². The average molecular weight is 605 g/mol. The van der Waals surface area contributed by atoms with E-state index in [0.29, 0.717) is 12.3 Å². The predicted octanol–water partition coefficient (Wildman–Crippen LogP) is 5.86. The van der Waals surface area contributed by atoms with Crippen LogP contribution in [0.15, 0.2) is 75.7 Å². The summed E-state index contributed by atoms with van der Waals surface area (Å²) >= 11 is -2.16. The van der Waals surface area contributed by atoms with Crippen molar-refractivity contribution in [2.24, 2.45) is 10.2 Å². The number of aromatic amines is 1. The van der Waals surface area contributed by atoms with Crippen molar-refractivity contribution < 1.29 is 23.0 Å². The van der Waals surface area contributed by atoms with Crippen LogP contribution in [0.3, 0.4) is 0 Å². The first-order chi connectivity index (χ1) is 20.5. The number of aromatic hydroxyl groups is 1. The van der Waals surface area contributed by atoms with Crippen molar-refractivity contribution in [3.63, 3.8) is 0 Å². The van der Waals surface area contributed by atoms with Gasteiger partial charge >= 0.3 is 11.3 Å². The fourth-order valence-electron chi connectivity index (χ4n) is 4.22. The van der Waals surface area contributed by atoms with E-state index in [1.165, 1.54) is 17.9 Å². The number of nitrogens with zero attached hydrogens (tertiary/aromatic N) is 4. The molecule has 4 rings (SSSR count). The second-order valence-corrected chi connectivity index (χ2v) is 11.3. The maximum Gasteiger partial charge on any atom is 0.316 e. The molecule has 0 bridgehead atoms. The Morgan fingerprint density at radius 3 is 2.49 bits per heavy atom. The number of para-hydroxylation sites is 1. The summed E-state index contributed by atoms with van der Waals surface area (Å²) in [4.78, 5) is 13.0. The highest BCUT2D eigenvalue weighted by atomic mass is 32.2. The topological polar surface area (TPSA) is 163 Å². The van der Waals surface area contributed by atoms with Gasteiger partial charge in [0.25, 0.3) is 5.56 Å². The number of H-pyrrole nitrogens is 1. The molecule has 0 amide bonds. The predicted molar refractivity (Wildman–Crippen MR) is 163 cm³/mol. The van der Waals surface area contributed by atoms with Gasteiger partial charge in [0.1, 0.15) is 18.4 Å². The van der Waals surface area contributed by atoms with Crippen LogP contribution in [0.25, 0.3) is 5.69 Å². The van der Waals surface area contributed by atoms with Crippen molar-refractivity contribution in [3.8, 4) is 29.0 Å². The second-order valence-electron chi connectivity index (χ2n) is 10.5. The number of aromatic nitrogens is 2. The van der Waals surface area contributed by atoms with Crippen LogP contribution in [0, 0.1) is 18.3 Å². The van der Waals surface area contributed by atoms with E-state index < -0.39 is 16.8 Å². The van der Waals surface area contributed by atoms with Gasteiger partial charge in [-0.05, 0) is 59.9 Å². The lowest BCUT2D eigenvalue weighted by Crippen LogP contribution is -2.16. The molecule has 1 unspecified atom stereocenters. The largest absolute Gasteiger partial charge is 0.506 e. The van der Waals surface area contributed by atoms with Gasteiger partial charge in [-0.1, -0.05) is 39.0 Å². The number of benzene rings is 3. The van der Waals surface area contributed by atoms with Crippen molar-refractivity contribution in [2.75, 3.05) is 25.0 Å². The zero-order chi connectivity index (χ0) is 31.1. The summed E-state index contributed by atoms with van der Waals surface area (Å²) in [6.45, 7) is 8.50. The number of phenols is 1. The van der Waals surface area contributed by atoms with Crippen LogP contribution in [0.1, 0.15) is 37.6 Å². The molecule has 224 valence electrons. The lowest BCUT2D eigenvalue weighted by Gasteiger charge is -2.23. The standard InChI is InChI=1S/C30H32N6O6S/c1-19-15-25(37)23(17-22(19)30(2,3)4)35-43(39)42-27-16-20(11-12-26(27)41-14-13-40-5)32-33-28-24(18-31)34-36(29(28)38)21-9-7-6-8-10-21/h6-12,15-17,34-35,37H,13-14H2,1-5H3. The lowest BCUT2D eigenvalue weighted by atomic mass is 9.84. The third kappa shape index (κ3) is 7.48. The fraction of sp³-hybridized carbons (Fsp3) is 0.267. The Morgan fingerprint density at radius 1 is 1.07 bits per heavy atom. The van der Waals surface area contributed by atoms with E-state index >= 15 is 0 Å². The first-order valence-electron chi connectivity index (χ1n) is 13.2. The van der Waals surface area contributed by atoms with Gasteiger partial charge in [-0.15, -0.1) is 5.11 Å². The van der Waals surface area contributed by atoms with E-state index in [-0.39, 0.29) is 52.0 Å². The zero-order valence-corrected chi connectivity index (χ0v) is 25.2. The average Bonchev–Trinajstić information content (AvgIpc) is 3.29. The molecule has 0 saturated carbocycles. The summed E-state index contributed by atoms with van der Waals surface area (Å²) < 4.78 is 33.4. The summed E-state index contributed by atoms with van der Waals surface area (Å²) in [5, 5.41) is 30.9. The Labute approximate surface area is 251 Å². The van der Waals surface area contributed by atoms with Crippen LogP contribution in [0.2, 0.25) is 0 Å². The quantitative estimate of drug-likeness (QED) is 0.110. The number of nitrogens with one attached hydrogen (secondary N) is 2. The molecule has 12 nitrogen and oxygen atoms in total. The normalized spacial score (nSPS) is 12.2.